The van der Waals surface area contributed by atoms with Gasteiger partial charge >= 0.3 is 0 Å². The summed E-state index contributed by atoms with van der Waals surface area (Å²) >= 11 is 2.11. The van der Waals surface area contributed by atoms with Crippen molar-refractivity contribution in [3.63, 3.8) is 0 Å². The molecule has 1 aliphatic heterocycles. The molecular formula is C9H17NS. The van der Waals surface area contributed by atoms with E-state index in [4.69, 9.17) is 0 Å². The second-order valence-electron chi connectivity index (χ2n) is 2.92. The molecule has 1 rings (SSSR count). The van der Waals surface area contributed by atoms with Crippen molar-refractivity contribution < 1.29 is 0 Å². The first-order valence-corrected chi connectivity index (χ1v) is 5.41. The third kappa shape index (κ3) is 3.82. The van der Waals surface area contributed by atoms with E-state index in [-0.39, 0.29) is 0 Å². The third-order valence-corrected chi connectivity index (χ3v) is 3.32. The largest absolute Gasteiger partial charge is 0.315 e. The van der Waals surface area contributed by atoms with E-state index in [1.54, 1.807) is 0 Å². The van der Waals surface area contributed by atoms with Gasteiger partial charge in [-0.15, -0.1) is 6.58 Å². The van der Waals surface area contributed by atoms with Gasteiger partial charge < -0.3 is 5.32 Å². The van der Waals surface area contributed by atoms with Gasteiger partial charge in [-0.05, 0) is 31.6 Å². The number of thioether (sulfide) groups is 1. The number of hydrogen-bond acceptors (Lipinski definition) is 2. The second-order valence-corrected chi connectivity index (χ2v) is 4.32. The molecule has 0 radical (unpaired) electrons. The predicted octanol–water partition coefficient (Wildman–Crippen LogP) is 2.05. The van der Waals surface area contributed by atoms with Gasteiger partial charge in [0.05, 0.1) is 0 Å². The van der Waals surface area contributed by atoms with E-state index in [0.29, 0.717) is 0 Å². The van der Waals surface area contributed by atoms with E-state index < -0.39 is 0 Å². The Morgan fingerprint density at radius 2 is 2.55 bits per heavy atom. The Hall–Kier alpha value is 0.0500. The van der Waals surface area contributed by atoms with Crippen LogP contribution in [0.25, 0.3) is 0 Å². The highest BCUT2D eigenvalue weighted by atomic mass is 32.2. The van der Waals surface area contributed by atoms with Gasteiger partial charge in [-0.3, -0.25) is 0 Å². The van der Waals surface area contributed by atoms with Gasteiger partial charge in [0.15, 0.2) is 0 Å². The molecule has 0 aromatic rings. The van der Waals surface area contributed by atoms with Crippen molar-refractivity contribution in [1.82, 2.24) is 5.32 Å². The van der Waals surface area contributed by atoms with Crippen LogP contribution in [0.4, 0.5) is 0 Å². The summed E-state index contributed by atoms with van der Waals surface area (Å²) in [6.07, 6.45) is 5.89. The maximum Gasteiger partial charge on any atom is 0.0172 e. The van der Waals surface area contributed by atoms with E-state index in [9.17, 15) is 0 Å². The summed E-state index contributed by atoms with van der Waals surface area (Å²) in [5, 5.41) is 4.32. The third-order valence-electron chi connectivity index (χ3n) is 1.92. The maximum absolute atomic E-state index is 3.68. The summed E-state index contributed by atoms with van der Waals surface area (Å²) in [7, 11) is 0. The molecule has 1 aliphatic rings. The van der Waals surface area contributed by atoms with Crippen molar-refractivity contribution in [1.29, 1.82) is 0 Å². The lowest BCUT2D eigenvalue weighted by atomic mass is 10.2. The molecule has 1 nitrogen and oxygen atoms in total. The molecule has 1 heterocycles. The van der Waals surface area contributed by atoms with Crippen LogP contribution in [0.2, 0.25) is 0 Å². The van der Waals surface area contributed by atoms with Gasteiger partial charge in [0.25, 0.3) is 0 Å². The summed E-state index contributed by atoms with van der Waals surface area (Å²) < 4.78 is 0. The zero-order valence-electron chi connectivity index (χ0n) is 7.01. The molecular weight excluding hydrogens is 154 g/mol. The fraction of sp³-hybridized carbons (Fsp3) is 0.778. The molecule has 0 amide bonds. The van der Waals surface area contributed by atoms with Crippen LogP contribution in [0.15, 0.2) is 12.7 Å². The fourth-order valence-electron chi connectivity index (χ4n) is 1.27. The monoisotopic (exact) mass is 171 g/mol. The van der Waals surface area contributed by atoms with Gasteiger partial charge in [-0.2, -0.15) is 11.8 Å². The van der Waals surface area contributed by atoms with Crippen LogP contribution in [0.1, 0.15) is 19.3 Å². The van der Waals surface area contributed by atoms with E-state index >= 15 is 0 Å². The summed E-state index contributed by atoms with van der Waals surface area (Å²) in [4.78, 5) is 0. The van der Waals surface area contributed by atoms with Gasteiger partial charge in [0, 0.05) is 11.8 Å². The average molecular weight is 171 g/mol. The van der Waals surface area contributed by atoms with E-state index in [2.05, 4.69) is 23.7 Å². The van der Waals surface area contributed by atoms with E-state index in [1.807, 2.05) is 6.08 Å². The lowest BCUT2D eigenvalue weighted by Crippen LogP contribution is -2.23. The highest BCUT2D eigenvalue weighted by molar-refractivity contribution is 8.00. The molecule has 64 valence electrons. The molecule has 0 saturated carbocycles. The fourth-order valence-corrected chi connectivity index (χ4v) is 2.51. The molecule has 2 heteroatoms. The number of rotatable bonds is 5. The van der Waals surface area contributed by atoms with Crippen LogP contribution in [0, 0.1) is 0 Å². The summed E-state index contributed by atoms with van der Waals surface area (Å²) in [6, 6.07) is 0. The van der Waals surface area contributed by atoms with Crippen molar-refractivity contribution in [2.75, 3.05) is 18.8 Å². The quantitative estimate of drug-likeness (QED) is 0.502. The molecule has 1 fully saturated rings. The summed E-state index contributed by atoms with van der Waals surface area (Å²) in [5.41, 5.74) is 0. The molecule has 1 saturated heterocycles. The van der Waals surface area contributed by atoms with Crippen molar-refractivity contribution in [2.45, 2.75) is 24.5 Å². The van der Waals surface area contributed by atoms with Crippen molar-refractivity contribution in [2.24, 2.45) is 0 Å². The van der Waals surface area contributed by atoms with Crippen LogP contribution >= 0.6 is 11.8 Å². The Balaban J connectivity index is 1.89. The summed E-state index contributed by atoms with van der Waals surface area (Å²) in [5.74, 6) is 1.37. The minimum Gasteiger partial charge on any atom is -0.315 e. The van der Waals surface area contributed by atoms with Crippen molar-refractivity contribution >= 4 is 11.8 Å². The van der Waals surface area contributed by atoms with Crippen LogP contribution < -0.4 is 5.32 Å². The van der Waals surface area contributed by atoms with Crippen LogP contribution in [0.3, 0.4) is 0 Å². The highest BCUT2D eigenvalue weighted by Gasteiger charge is 2.13. The standard InChI is InChI=1S/C9H17NS/c1-2-3-6-10-8-9-5-4-7-11-9/h2,9-10H,1,3-8H2. The average Bonchev–Trinajstić information content (AvgIpc) is 2.50. The normalized spacial score (nSPS) is 23.8. The predicted molar refractivity (Wildman–Crippen MR) is 53.2 cm³/mol. The van der Waals surface area contributed by atoms with Gasteiger partial charge in [-0.1, -0.05) is 6.08 Å². The Morgan fingerprint density at radius 3 is 3.18 bits per heavy atom. The molecule has 0 bridgehead atoms. The number of hydrogen-bond donors (Lipinski definition) is 1. The van der Waals surface area contributed by atoms with E-state index in [0.717, 1.165) is 18.2 Å². The Kier molecular flexibility index (Phi) is 4.71. The highest BCUT2D eigenvalue weighted by Crippen LogP contribution is 2.24. The first-order valence-electron chi connectivity index (χ1n) is 4.36. The smallest absolute Gasteiger partial charge is 0.0172 e. The Labute approximate surface area is 73.6 Å². The molecule has 0 aromatic heterocycles. The molecule has 0 aliphatic carbocycles. The van der Waals surface area contributed by atoms with Crippen molar-refractivity contribution in [3.8, 4) is 0 Å². The second kappa shape index (κ2) is 5.67. The van der Waals surface area contributed by atoms with Crippen LogP contribution in [-0.2, 0) is 0 Å². The zero-order valence-corrected chi connectivity index (χ0v) is 7.83. The maximum atomic E-state index is 3.68. The minimum atomic E-state index is 0.889. The van der Waals surface area contributed by atoms with Gasteiger partial charge in [0.2, 0.25) is 0 Å². The van der Waals surface area contributed by atoms with Gasteiger partial charge in [-0.25, -0.2) is 0 Å². The topological polar surface area (TPSA) is 12.0 Å². The van der Waals surface area contributed by atoms with Gasteiger partial charge in [0.1, 0.15) is 0 Å². The molecule has 0 aromatic carbocycles. The minimum absolute atomic E-state index is 0.889. The Morgan fingerprint density at radius 1 is 1.64 bits per heavy atom. The SMILES string of the molecule is C=CCCNCC1CCCS1. The zero-order chi connectivity index (χ0) is 7.94. The first kappa shape index (κ1) is 9.14. The molecule has 1 N–H and O–H groups in total. The lowest BCUT2D eigenvalue weighted by molar-refractivity contribution is 0.649. The first-order chi connectivity index (χ1) is 5.43. The van der Waals surface area contributed by atoms with Crippen molar-refractivity contribution in [3.05, 3.63) is 12.7 Å². The Bertz CT molecular complexity index is 108. The summed E-state index contributed by atoms with van der Waals surface area (Å²) in [6.45, 7) is 5.98. The van der Waals surface area contributed by atoms with E-state index in [1.165, 1.54) is 25.1 Å². The van der Waals surface area contributed by atoms with Crippen LogP contribution in [0.5, 0.6) is 0 Å². The molecule has 1 atom stereocenters. The molecule has 1 unspecified atom stereocenters. The lowest BCUT2D eigenvalue weighted by Gasteiger charge is -2.08. The molecule has 11 heavy (non-hydrogen) atoms. The molecule has 0 spiro atoms. The number of nitrogens with one attached hydrogen (secondary N) is 1. The van der Waals surface area contributed by atoms with Crippen LogP contribution in [-0.4, -0.2) is 24.1 Å².